The van der Waals surface area contributed by atoms with Gasteiger partial charge in [0.1, 0.15) is 6.61 Å². The largest absolute Gasteiger partial charge is 0.447 e. The van der Waals surface area contributed by atoms with Crippen LogP contribution in [-0.2, 0) is 16.0 Å². The first-order valence-corrected chi connectivity index (χ1v) is 10.2. The van der Waals surface area contributed by atoms with Gasteiger partial charge in [0.25, 0.3) is 0 Å². The van der Waals surface area contributed by atoms with E-state index >= 15 is 0 Å². The van der Waals surface area contributed by atoms with Crippen molar-refractivity contribution >= 4 is 12.0 Å². The van der Waals surface area contributed by atoms with Gasteiger partial charge in [-0.05, 0) is 36.3 Å². The number of aliphatic hydroxyl groups is 2. The van der Waals surface area contributed by atoms with Crippen molar-refractivity contribution in [2.75, 3.05) is 19.8 Å². The molecule has 164 valence electrons. The van der Waals surface area contributed by atoms with E-state index in [2.05, 4.69) is 36.6 Å². The Morgan fingerprint density at radius 2 is 1.69 bits per heavy atom. The lowest BCUT2D eigenvalue weighted by Gasteiger charge is -2.24. The summed E-state index contributed by atoms with van der Waals surface area (Å²) in [4.78, 5) is 24.4. The second kappa shape index (κ2) is 12.4. The Labute approximate surface area is 173 Å². The summed E-state index contributed by atoms with van der Waals surface area (Å²) < 4.78 is 5.14. The highest BCUT2D eigenvalue weighted by molar-refractivity contribution is 5.83. The van der Waals surface area contributed by atoms with Crippen LogP contribution in [0.4, 0.5) is 4.79 Å². The van der Waals surface area contributed by atoms with Gasteiger partial charge in [0.15, 0.2) is 0 Å². The molecule has 0 aliphatic rings. The Morgan fingerprint density at radius 3 is 2.21 bits per heavy atom. The predicted molar refractivity (Wildman–Crippen MR) is 113 cm³/mol. The second-order valence-electron chi connectivity index (χ2n) is 8.24. The van der Waals surface area contributed by atoms with Crippen molar-refractivity contribution in [1.82, 2.24) is 10.6 Å². The third kappa shape index (κ3) is 9.28. The molecule has 7 heteroatoms. The summed E-state index contributed by atoms with van der Waals surface area (Å²) in [5.74, 6) is 0.200. The fourth-order valence-electron chi connectivity index (χ4n) is 2.76. The fraction of sp³-hybridized carbons (Fsp3) is 0.636. The average Bonchev–Trinajstić information content (AvgIpc) is 2.68. The smallest absolute Gasteiger partial charge is 0.407 e. The van der Waals surface area contributed by atoms with E-state index < -0.39 is 18.8 Å². The first kappa shape index (κ1) is 24.9. The number of ether oxygens (including phenoxy) is 1. The number of rotatable bonds is 11. The summed E-state index contributed by atoms with van der Waals surface area (Å²) >= 11 is 0. The number of hydrogen-bond acceptors (Lipinski definition) is 5. The second-order valence-corrected chi connectivity index (χ2v) is 8.24. The molecule has 1 aromatic rings. The van der Waals surface area contributed by atoms with Crippen molar-refractivity contribution in [3.05, 3.63) is 35.4 Å². The van der Waals surface area contributed by atoms with E-state index in [0.29, 0.717) is 5.92 Å². The minimum Gasteiger partial charge on any atom is -0.447 e. The third-order valence-electron chi connectivity index (χ3n) is 4.74. The zero-order chi connectivity index (χ0) is 22.0. The number of nitrogens with one attached hydrogen (secondary N) is 2. The Hall–Kier alpha value is -2.12. The van der Waals surface area contributed by atoms with E-state index in [0.717, 1.165) is 12.0 Å². The number of alkyl carbamates (subject to hydrolysis) is 1. The lowest BCUT2D eigenvalue weighted by molar-refractivity contribution is -0.123. The van der Waals surface area contributed by atoms with Crippen molar-refractivity contribution in [2.24, 2.45) is 11.8 Å². The summed E-state index contributed by atoms with van der Waals surface area (Å²) in [7, 11) is 0. The van der Waals surface area contributed by atoms with Gasteiger partial charge < -0.3 is 25.6 Å². The van der Waals surface area contributed by atoms with Crippen molar-refractivity contribution < 1.29 is 24.5 Å². The summed E-state index contributed by atoms with van der Waals surface area (Å²) in [6, 6.07) is 7.77. The predicted octanol–water partition coefficient (Wildman–Crippen LogP) is 2.21. The summed E-state index contributed by atoms with van der Waals surface area (Å²) in [6.45, 7) is 9.55. The van der Waals surface area contributed by atoms with Crippen LogP contribution in [0.2, 0.25) is 0 Å². The quantitative estimate of drug-likeness (QED) is 0.449. The standard InChI is InChI=1S/C22H36N2O5/c1-14(2)10-17-6-8-18(9-7-17)16(5)21(27)24-20(15(3)4)13-29-22(28)23-11-19(26)12-25/h6-9,14-16,19-20,25-26H,10-13H2,1-5H3,(H,23,28)(H,24,27)/t16?,19-,20?/m1/s1. The molecular weight excluding hydrogens is 372 g/mol. The minimum atomic E-state index is -1.03. The average molecular weight is 409 g/mol. The van der Waals surface area contributed by atoms with E-state index in [9.17, 15) is 14.7 Å². The summed E-state index contributed by atoms with van der Waals surface area (Å²) in [5.41, 5.74) is 2.19. The topological polar surface area (TPSA) is 108 Å². The number of carbonyl (C=O) groups is 2. The highest BCUT2D eigenvalue weighted by Crippen LogP contribution is 2.18. The van der Waals surface area contributed by atoms with Crippen LogP contribution in [-0.4, -0.2) is 54.1 Å². The SMILES string of the molecule is CC(C)Cc1ccc(C(C)C(=O)NC(COC(=O)NC[C@@H](O)CO)C(C)C)cc1. The lowest BCUT2D eigenvalue weighted by Crippen LogP contribution is -2.45. The van der Waals surface area contributed by atoms with Crippen molar-refractivity contribution in [2.45, 2.75) is 59.1 Å². The van der Waals surface area contributed by atoms with Gasteiger partial charge in [-0.25, -0.2) is 4.79 Å². The molecular formula is C22H36N2O5. The van der Waals surface area contributed by atoms with Gasteiger partial charge in [0, 0.05) is 6.54 Å². The lowest BCUT2D eigenvalue weighted by atomic mass is 9.95. The molecule has 0 saturated carbocycles. The highest BCUT2D eigenvalue weighted by Gasteiger charge is 2.22. The Kier molecular flexibility index (Phi) is 10.7. The van der Waals surface area contributed by atoms with Crippen molar-refractivity contribution in [3.8, 4) is 0 Å². The molecule has 0 aliphatic carbocycles. The molecule has 1 rings (SSSR count). The summed E-state index contributed by atoms with van der Waals surface area (Å²) in [6.07, 6.45) is -0.729. The van der Waals surface area contributed by atoms with Gasteiger partial charge in [-0.1, -0.05) is 52.0 Å². The molecule has 3 atom stereocenters. The molecule has 0 radical (unpaired) electrons. The van der Waals surface area contributed by atoms with Crippen LogP contribution in [0.15, 0.2) is 24.3 Å². The number of amides is 2. The molecule has 0 fully saturated rings. The van der Waals surface area contributed by atoms with Crippen LogP contribution < -0.4 is 10.6 Å². The van der Waals surface area contributed by atoms with E-state index in [4.69, 9.17) is 9.84 Å². The molecule has 0 saturated heterocycles. The minimum absolute atomic E-state index is 0.0184. The maximum absolute atomic E-state index is 12.7. The molecule has 7 nitrogen and oxygen atoms in total. The van der Waals surface area contributed by atoms with Crippen molar-refractivity contribution in [1.29, 1.82) is 0 Å². The molecule has 4 N–H and O–H groups in total. The monoisotopic (exact) mass is 408 g/mol. The molecule has 29 heavy (non-hydrogen) atoms. The first-order valence-electron chi connectivity index (χ1n) is 10.2. The van der Waals surface area contributed by atoms with Crippen LogP contribution in [0.25, 0.3) is 0 Å². The number of aliphatic hydroxyl groups excluding tert-OH is 2. The van der Waals surface area contributed by atoms with E-state index in [1.807, 2.05) is 32.9 Å². The van der Waals surface area contributed by atoms with Crippen LogP contribution in [0, 0.1) is 11.8 Å². The van der Waals surface area contributed by atoms with E-state index in [1.54, 1.807) is 0 Å². The van der Waals surface area contributed by atoms with Crippen LogP contribution in [0.5, 0.6) is 0 Å². The first-order chi connectivity index (χ1) is 13.6. The zero-order valence-corrected chi connectivity index (χ0v) is 18.1. The van der Waals surface area contributed by atoms with Gasteiger partial charge in [-0.2, -0.15) is 0 Å². The van der Waals surface area contributed by atoms with Crippen LogP contribution in [0.1, 0.15) is 51.7 Å². The summed E-state index contributed by atoms with van der Waals surface area (Å²) in [5, 5.41) is 23.3. The zero-order valence-electron chi connectivity index (χ0n) is 18.1. The molecule has 0 bridgehead atoms. The van der Waals surface area contributed by atoms with E-state index in [1.165, 1.54) is 5.56 Å². The number of carbonyl (C=O) groups excluding carboxylic acids is 2. The molecule has 0 spiro atoms. The van der Waals surface area contributed by atoms with Gasteiger partial charge in [0.2, 0.25) is 5.91 Å². The number of hydrogen-bond donors (Lipinski definition) is 4. The molecule has 0 heterocycles. The molecule has 1 aromatic carbocycles. The van der Waals surface area contributed by atoms with Gasteiger partial charge in [-0.3, -0.25) is 4.79 Å². The fourth-order valence-corrected chi connectivity index (χ4v) is 2.76. The van der Waals surface area contributed by atoms with Crippen LogP contribution >= 0.6 is 0 Å². The van der Waals surface area contributed by atoms with E-state index in [-0.39, 0.29) is 36.9 Å². The maximum atomic E-state index is 12.7. The molecule has 0 aromatic heterocycles. The maximum Gasteiger partial charge on any atom is 0.407 e. The molecule has 0 aliphatic heterocycles. The molecule has 2 unspecified atom stereocenters. The van der Waals surface area contributed by atoms with Gasteiger partial charge in [0.05, 0.1) is 24.7 Å². The Bertz CT molecular complexity index is 631. The highest BCUT2D eigenvalue weighted by atomic mass is 16.5. The molecule has 2 amide bonds. The normalized spacial score (nSPS) is 14.4. The van der Waals surface area contributed by atoms with Gasteiger partial charge >= 0.3 is 6.09 Å². The number of benzene rings is 1. The third-order valence-corrected chi connectivity index (χ3v) is 4.74. The Morgan fingerprint density at radius 1 is 1.07 bits per heavy atom. The van der Waals surface area contributed by atoms with Gasteiger partial charge in [-0.15, -0.1) is 0 Å². The Balaban J connectivity index is 2.59. The van der Waals surface area contributed by atoms with Crippen molar-refractivity contribution in [3.63, 3.8) is 0 Å². The van der Waals surface area contributed by atoms with Crippen LogP contribution in [0.3, 0.4) is 0 Å².